The lowest BCUT2D eigenvalue weighted by Crippen LogP contribution is -2.46. The van der Waals surface area contributed by atoms with Gasteiger partial charge in [0.15, 0.2) is 0 Å². The van der Waals surface area contributed by atoms with Gasteiger partial charge in [-0.15, -0.1) is 0 Å². The molecule has 0 N–H and O–H groups in total. The molecule has 0 radical (unpaired) electrons. The van der Waals surface area contributed by atoms with E-state index in [0.29, 0.717) is 38.5 Å². The Balaban J connectivity index is 1.56. The van der Waals surface area contributed by atoms with Gasteiger partial charge >= 0.3 is 0 Å². The van der Waals surface area contributed by atoms with Crippen LogP contribution in [0.3, 0.4) is 0 Å². The molecular weight excluding hydrogens is 392 g/mol. The number of aryl methyl sites for hydroxylation is 1. The third kappa shape index (κ3) is 3.72. The van der Waals surface area contributed by atoms with E-state index in [2.05, 4.69) is 5.10 Å². The van der Waals surface area contributed by atoms with Crippen molar-refractivity contribution >= 4 is 28.4 Å². The molecule has 2 aliphatic heterocycles. The second-order valence-corrected chi connectivity index (χ2v) is 7.94. The van der Waals surface area contributed by atoms with Crippen molar-refractivity contribution < 1.29 is 14.3 Å². The van der Waals surface area contributed by atoms with E-state index in [4.69, 9.17) is 4.74 Å². The van der Waals surface area contributed by atoms with Crippen molar-refractivity contribution in [1.82, 2.24) is 14.5 Å². The van der Waals surface area contributed by atoms with Crippen molar-refractivity contribution in [2.24, 2.45) is 5.10 Å². The van der Waals surface area contributed by atoms with Gasteiger partial charge in [-0.05, 0) is 24.6 Å². The van der Waals surface area contributed by atoms with Gasteiger partial charge < -0.3 is 14.2 Å². The van der Waals surface area contributed by atoms with E-state index in [9.17, 15) is 9.59 Å². The van der Waals surface area contributed by atoms with E-state index < -0.39 is 0 Å². The average molecular weight is 416 g/mol. The summed E-state index contributed by atoms with van der Waals surface area (Å²) in [6.07, 6.45) is 0. The van der Waals surface area contributed by atoms with Gasteiger partial charge in [0.25, 0.3) is 5.91 Å². The highest BCUT2D eigenvalue weighted by Crippen LogP contribution is 2.25. The monoisotopic (exact) mass is 416 g/mol. The molecule has 2 aliphatic rings. The van der Waals surface area contributed by atoms with Crippen molar-refractivity contribution in [1.29, 1.82) is 0 Å². The zero-order valence-electron chi connectivity index (χ0n) is 17.5. The van der Waals surface area contributed by atoms with Crippen LogP contribution in [0.5, 0.6) is 0 Å². The van der Waals surface area contributed by atoms with Gasteiger partial charge in [-0.1, -0.05) is 48.0 Å². The predicted molar refractivity (Wildman–Crippen MR) is 118 cm³/mol. The van der Waals surface area contributed by atoms with Gasteiger partial charge in [-0.2, -0.15) is 5.10 Å². The summed E-state index contributed by atoms with van der Waals surface area (Å²) in [7, 11) is 0. The molecule has 5 rings (SSSR count). The van der Waals surface area contributed by atoms with Crippen molar-refractivity contribution in [3.63, 3.8) is 0 Å². The van der Waals surface area contributed by atoms with E-state index in [1.165, 1.54) is 5.01 Å². The highest BCUT2D eigenvalue weighted by molar-refractivity contribution is 6.07. The minimum absolute atomic E-state index is 0.0876. The van der Waals surface area contributed by atoms with Crippen LogP contribution in [-0.4, -0.2) is 64.8 Å². The fourth-order valence-corrected chi connectivity index (χ4v) is 4.11. The van der Waals surface area contributed by atoms with Gasteiger partial charge in [0.05, 0.1) is 25.5 Å². The SMILES string of the molecule is Cc1ccc(C2=NN(CC(=O)N3CCOCC3)C(=O)c3cc4ccccc4n3C2)cc1. The Bertz CT molecular complexity index is 1170. The molecule has 1 saturated heterocycles. The summed E-state index contributed by atoms with van der Waals surface area (Å²) in [6.45, 7) is 4.52. The highest BCUT2D eigenvalue weighted by Gasteiger charge is 2.29. The zero-order valence-corrected chi connectivity index (χ0v) is 17.5. The molecule has 0 spiro atoms. The van der Waals surface area contributed by atoms with Gasteiger partial charge in [0.1, 0.15) is 12.2 Å². The summed E-state index contributed by atoms with van der Waals surface area (Å²) in [5.41, 5.74) is 4.37. The zero-order chi connectivity index (χ0) is 21.4. The first-order chi connectivity index (χ1) is 15.1. The lowest BCUT2D eigenvalue weighted by molar-refractivity contribution is -0.135. The van der Waals surface area contributed by atoms with Gasteiger partial charge in [-0.25, -0.2) is 5.01 Å². The third-order valence-electron chi connectivity index (χ3n) is 5.85. The molecular formula is C24H24N4O3. The molecule has 0 saturated carbocycles. The van der Waals surface area contributed by atoms with Crippen LogP contribution in [0.25, 0.3) is 10.9 Å². The molecule has 158 valence electrons. The number of amides is 2. The fraction of sp³-hybridized carbons (Fsp3) is 0.292. The number of carbonyl (C=O) groups is 2. The number of nitrogens with zero attached hydrogens (tertiary/aromatic N) is 4. The van der Waals surface area contributed by atoms with E-state index in [1.807, 2.05) is 66.1 Å². The topological polar surface area (TPSA) is 67.1 Å². The summed E-state index contributed by atoms with van der Waals surface area (Å²) in [5, 5.41) is 7.01. The normalized spacial score (nSPS) is 16.8. The van der Waals surface area contributed by atoms with E-state index in [-0.39, 0.29) is 18.4 Å². The maximum atomic E-state index is 13.5. The average Bonchev–Trinajstić information content (AvgIpc) is 3.11. The Morgan fingerprint density at radius 1 is 1.06 bits per heavy atom. The summed E-state index contributed by atoms with van der Waals surface area (Å²) in [6, 6.07) is 17.9. The predicted octanol–water partition coefficient (Wildman–Crippen LogP) is 2.67. The number of hydrazone groups is 1. The van der Waals surface area contributed by atoms with Crippen molar-refractivity contribution in [3.8, 4) is 0 Å². The lowest BCUT2D eigenvalue weighted by Gasteiger charge is -2.28. The standard InChI is InChI=1S/C24H24N4O3/c1-17-6-8-18(9-7-17)20-15-27-21-5-3-2-4-19(21)14-22(27)24(30)28(25-20)16-23(29)26-10-12-31-13-11-26/h2-9,14H,10-13,15-16H2,1H3. The minimum atomic E-state index is -0.264. The largest absolute Gasteiger partial charge is 0.378 e. The van der Waals surface area contributed by atoms with Gasteiger partial charge in [0, 0.05) is 24.0 Å². The summed E-state index contributed by atoms with van der Waals surface area (Å²) in [4.78, 5) is 28.1. The Hall–Kier alpha value is -3.45. The van der Waals surface area contributed by atoms with Crippen LogP contribution in [-0.2, 0) is 16.1 Å². The van der Waals surface area contributed by atoms with Crippen LogP contribution in [0.4, 0.5) is 0 Å². The molecule has 0 atom stereocenters. The molecule has 0 bridgehead atoms. The number of rotatable bonds is 3. The summed E-state index contributed by atoms with van der Waals surface area (Å²) in [5.74, 6) is -0.381. The molecule has 7 heteroatoms. The molecule has 7 nitrogen and oxygen atoms in total. The van der Waals surface area contributed by atoms with Crippen LogP contribution in [0.2, 0.25) is 0 Å². The number of morpholine rings is 1. The Labute approximate surface area is 180 Å². The quantitative estimate of drug-likeness (QED) is 0.659. The molecule has 2 amide bonds. The van der Waals surface area contributed by atoms with Crippen molar-refractivity contribution in [2.45, 2.75) is 13.5 Å². The first kappa shape index (κ1) is 19.5. The van der Waals surface area contributed by atoms with Gasteiger partial charge in [-0.3, -0.25) is 9.59 Å². The number of hydrogen-bond acceptors (Lipinski definition) is 4. The Kier molecular flexibility index (Phi) is 5.03. The summed E-state index contributed by atoms with van der Waals surface area (Å²) < 4.78 is 7.34. The molecule has 2 aromatic carbocycles. The van der Waals surface area contributed by atoms with Crippen LogP contribution in [0.1, 0.15) is 21.6 Å². The van der Waals surface area contributed by atoms with E-state index in [0.717, 1.165) is 27.7 Å². The number of benzene rings is 2. The van der Waals surface area contributed by atoms with E-state index in [1.54, 1.807) is 4.90 Å². The number of aromatic nitrogens is 1. The molecule has 0 aliphatic carbocycles. The van der Waals surface area contributed by atoms with Crippen molar-refractivity contribution in [3.05, 3.63) is 71.4 Å². The molecule has 1 aromatic heterocycles. The molecule has 1 fully saturated rings. The van der Waals surface area contributed by atoms with Crippen LogP contribution in [0, 0.1) is 6.92 Å². The number of ether oxygens (including phenoxy) is 1. The summed E-state index contributed by atoms with van der Waals surface area (Å²) >= 11 is 0. The molecule has 3 aromatic rings. The number of fused-ring (bicyclic) bond motifs is 3. The Morgan fingerprint density at radius 3 is 2.58 bits per heavy atom. The maximum Gasteiger partial charge on any atom is 0.291 e. The van der Waals surface area contributed by atoms with Crippen LogP contribution < -0.4 is 0 Å². The number of para-hydroxylation sites is 1. The van der Waals surface area contributed by atoms with Crippen LogP contribution >= 0.6 is 0 Å². The first-order valence-electron chi connectivity index (χ1n) is 10.5. The lowest BCUT2D eigenvalue weighted by atomic mass is 10.1. The van der Waals surface area contributed by atoms with Crippen LogP contribution in [0.15, 0.2) is 59.7 Å². The molecule has 0 unspecified atom stereocenters. The molecule has 3 heterocycles. The third-order valence-corrected chi connectivity index (χ3v) is 5.85. The highest BCUT2D eigenvalue weighted by atomic mass is 16.5. The van der Waals surface area contributed by atoms with Gasteiger partial charge in [0.2, 0.25) is 5.91 Å². The maximum absolute atomic E-state index is 13.5. The molecule has 31 heavy (non-hydrogen) atoms. The Morgan fingerprint density at radius 2 is 1.81 bits per heavy atom. The fourth-order valence-electron chi connectivity index (χ4n) is 4.11. The smallest absolute Gasteiger partial charge is 0.291 e. The first-order valence-corrected chi connectivity index (χ1v) is 10.5. The number of hydrogen-bond donors (Lipinski definition) is 0. The van der Waals surface area contributed by atoms with Crippen molar-refractivity contribution in [2.75, 3.05) is 32.8 Å². The second-order valence-electron chi connectivity index (χ2n) is 7.94. The number of carbonyl (C=O) groups excluding carboxylic acids is 2. The van der Waals surface area contributed by atoms with E-state index >= 15 is 0 Å². The second kappa shape index (κ2) is 8.00. The minimum Gasteiger partial charge on any atom is -0.378 e.